The smallest absolute Gasteiger partial charge is 0.185 e. The zero-order chi connectivity index (χ0) is 11.4. The molecule has 0 bridgehead atoms. The molecular weight excluding hydrogens is 218 g/mol. The van der Waals surface area contributed by atoms with Crippen molar-refractivity contribution in [1.82, 2.24) is 16.2 Å². The Kier molecular flexibility index (Phi) is 3.83. The Morgan fingerprint density at radius 2 is 2.44 bits per heavy atom. The van der Waals surface area contributed by atoms with Gasteiger partial charge in [0.15, 0.2) is 5.11 Å². The van der Waals surface area contributed by atoms with Gasteiger partial charge >= 0.3 is 0 Å². The SMILES string of the molecule is CCCCNC(=S)NNC1=C2C=CC[C@@H]2C1. The average molecular weight is 237 g/mol. The first-order chi connectivity index (χ1) is 7.81. The molecule has 3 nitrogen and oxygen atoms in total. The lowest BCUT2D eigenvalue weighted by Gasteiger charge is -2.29. The minimum Gasteiger partial charge on any atom is -0.361 e. The Labute approximate surface area is 102 Å². The second-order valence-corrected chi connectivity index (χ2v) is 4.74. The first-order valence-corrected chi connectivity index (χ1v) is 6.41. The summed E-state index contributed by atoms with van der Waals surface area (Å²) in [6.07, 6.45) is 9.15. The number of hydrogen-bond donors (Lipinski definition) is 3. The minimum absolute atomic E-state index is 0.687. The third kappa shape index (κ3) is 2.55. The Morgan fingerprint density at radius 3 is 3.19 bits per heavy atom. The van der Waals surface area contributed by atoms with Crippen LogP contribution in [0.2, 0.25) is 0 Å². The van der Waals surface area contributed by atoms with Crippen molar-refractivity contribution in [3.05, 3.63) is 23.4 Å². The second-order valence-electron chi connectivity index (χ2n) is 4.33. The minimum atomic E-state index is 0.687. The Balaban J connectivity index is 1.66. The molecule has 0 aliphatic heterocycles. The van der Waals surface area contributed by atoms with Crippen molar-refractivity contribution in [1.29, 1.82) is 0 Å². The van der Waals surface area contributed by atoms with E-state index in [1.54, 1.807) is 0 Å². The van der Waals surface area contributed by atoms with Gasteiger partial charge in [-0.25, -0.2) is 0 Å². The molecule has 0 amide bonds. The number of thiocarbonyl (C=S) groups is 1. The number of unbranched alkanes of at least 4 members (excludes halogenated alkanes) is 1. The maximum atomic E-state index is 5.15. The molecule has 0 radical (unpaired) electrons. The quantitative estimate of drug-likeness (QED) is 0.388. The van der Waals surface area contributed by atoms with Crippen LogP contribution in [0.4, 0.5) is 0 Å². The van der Waals surface area contributed by atoms with E-state index < -0.39 is 0 Å². The van der Waals surface area contributed by atoms with Crippen LogP contribution in [0.3, 0.4) is 0 Å². The highest BCUT2D eigenvalue weighted by Gasteiger charge is 2.29. The summed E-state index contributed by atoms with van der Waals surface area (Å²) in [6, 6.07) is 0. The third-order valence-corrected chi connectivity index (χ3v) is 3.35. The van der Waals surface area contributed by atoms with E-state index in [4.69, 9.17) is 12.2 Å². The molecule has 1 atom stereocenters. The highest BCUT2D eigenvalue weighted by molar-refractivity contribution is 7.80. The van der Waals surface area contributed by atoms with E-state index in [-0.39, 0.29) is 0 Å². The molecule has 0 heterocycles. The molecular formula is C12H19N3S. The van der Waals surface area contributed by atoms with Crippen molar-refractivity contribution < 1.29 is 0 Å². The van der Waals surface area contributed by atoms with Crippen LogP contribution >= 0.6 is 12.2 Å². The topological polar surface area (TPSA) is 36.1 Å². The molecule has 0 saturated heterocycles. The maximum absolute atomic E-state index is 5.15. The van der Waals surface area contributed by atoms with Gasteiger partial charge < -0.3 is 10.7 Å². The molecule has 4 heteroatoms. The van der Waals surface area contributed by atoms with E-state index in [2.05, 4.69) is 35.2 Å². The molecule has 3 N–H and O–H groups in total. The summed E-state index contributed by atoms with van der Waals surface area (Å²) in [5.41, 5.74) is 8.96. The number of hydrazine groups is 1. The summed E-state index contributed by atoms with van der Waals surface area (Å²) in [4.78, 5) is 0. The lowest BCUT2D eigenvalue weighted by Crippen LogP contribution is -2.45. The number of rotatable bonds is 5. The van der Waals surface area contributed by atoms with E-state index >= 15 is 0 Å². The number of nitrogens with one attached hydrogen (secondary N) is 3. The van der Waals surface area contributed by atoms with Crippen LogP contribution in [0.1, 0.15) is 32.6 Å². The van der Waals surface area contributed by atoms with Crippen molar-refractivity contribution in [2.24, 2.45) is 5.92 Å². The summed E-state index contributed by atoms with van der Waals surface area (Å²) in [7, 11) is 0. The standard InChI is InChI=1S/C12H19N3S/c1-2-3-7-13-12(16)15-14-11-8-9-5-4-6-10(9)11/h4,6,9,14H,2-3,5,7-8H2,1H3,(H2,13,15,16)/t9-/m1/s1. The van der Waals surface area contributed by atoms with E-state index in [1.807, 2.05) is 0 Å². The van der Waals surface area contributed by atoms with Gasteiger partial charge in [0.1, 0.15) is 0 Å². The zero-order valence-electron chi connectivity index (χ0n) is 9.68. The van der Waals surface area contributed by atoms with Crippen LogP contribution in [0.15, 0.2) is 23.4 Å². The predicted octanol–water partition coefficient (Wildman–Crippen LogP) is 1.99. The Bertz CT molecular complexity index is 333. The third-order valence-electron chi connectivity index (χ3n) is 3.10. The molecule has 2 aliphatic carbocycles. The van der Waals surface area contributed by atoms with E-state index in [0.29, 0.717) is 5.11 Å². The number of fused-ring (bicyclic) bond motifs is 1. The molecule has 0 aromatic carbocycles. The molecule has 0 unspecified atom stereocenters. The predicted molar refractivity (Wildman–Crippen MR) is 70.7 cm³/mol. The molecule has 0 fully saturated rings. The van der Waals surface area contributed by atoms with Gasteiger partial charge in [0.05, 0.1) is 0 Å². The fourth-order valence-electron chi connectivity index (χ4n) is 2.07. The summed E-state index contributed by atoms with van der Waals surface area (Å²) in [5, 5.41) is 3.85. The molecule has 0 spiro atoms. The second kappa shape index (κ2) is 5.34. The molecule has 2 rings (SSSR count). The van der Waals surface area contributed by atoms with Crippen LogP contribution in [0, 0.1) is 5.92 Å². The van der Waals surface area contributed by atoms with Crippen molar-refractivity contribution in [3.63, 3.8) is 0 Å². The maximum Gasteiger partial charge on any atom is 0.185 e. The van der Waals surface area contributed by atoms with Crippen LogP contribution in [0.25, 0.3) is 0 Å². The van der Waals surface area contributed by atoms with Gasteiger partial charge in [0.25, 0.3) is 0 Å². The van der Waals surface area contributed by atoms with Crippen molar-refractivity contribution >= 4 is 17.3 Å². The first kappa shape index (κ1) is 11.5. The average Bonchev–Trinajstić information content (AvgIpc) is 2.61. The molecule has 2 aliphatic rings. The van der Waals surface area contributed by atoms with Gasteiger partial charge in [0.2, 0.25) is 0 Å². The van der Waals surface area contributed by atoms with Gasteiger partial charge in [0, 0.05) is 12.2 Å². The van der Waals surface area contributed by atoms with Gasteiger partial charge in [-0.05, 0) is 43.0 Å². The number of allylic oxidation sites excluding steroid dienone is 4. The normalized spacial score (nSPS) is 21.4. The van der Waals surface area contributed by atoms with Crippen LogP contribution < -0.4 is 16.2 Å². The monoisotopic (exact) mass is 237 g/mol. The molecule has 88 valence electrons. The van der Waals surface area contributed by atoms with Crippen LogP contribution in [-0.2, 0) is 0 Å². The fourth-order valence-corrected chi connectivity index (χ4v) is 2.23. The van der Waals surface area contributed by atoms with Crippen molar-refractivity contribution in [2.45, 2.75) is 32.6 Å². The lowest BCUT2D eigenvalue weighted by molar-refractivity contribution is 0.514. The Morgan fingerprint density at radius 1 is 1.56 bits per heavy atom. The largest absolute Gasteiger partial charge is 0.361 e. The van der Waals surface area contributed by atoms with E-state index in [0.717, 1.165) is 25.3 Å². The highest BCUT2D eigenvalue weighted by atomic mass is 32.1. The van der Waals surface area contributed by atoms with Crippen LogP contribution in [-0.4, -0.2) is 11.7 Å². The molecule has 0 saturated carbocycles. The van der Waals surface area contributed by atoms with Crippen molar-refractivity contribution in [2.75, 3.05) is 6.54 Å². The van der Waals surface area contributed by atoms with Gasteiger partial charge in [-0.15, -0.1) is 0 Å². The van der Waals surface area contributed by atoms with Crippen LogP contribution in [0.5, 0.6) is 0 Å². The summed E-state index contributed by atoms with van der Waals surface area (Å²) in [5.74, 6) is 0.769. The highest BCUT2D eigenvalue weighted by Crippen LogP contribution is 2.40. The first-order valence-electron chi connectivity index (χ1n) is 6.00. The number of hydrogen-bond acceptors (Lipinski definition) is 2. The van der Waals surface area contributed by atoms with E-state index in [9.17, 15) is 0 Å². The fraction of sp³-hybridized carbons (Fsp3) is 0.583. The molecule has 0 aromatic heterocycles. The van der Waals surface area contributed by atoms with Crippen molar-refractivity contribution in [3.8, 4) is 0 Å². The zero-order valence-corrected chi connectivity index (χ0v) is 10.5. The molecule has 0 aromatic rings. The summed E-state index contributed by atoms with van der Waals surface area (Å²) in [6.45, 7) is 3.11. The van der Waals surface area contributed by atoms with E-state index in [1.165, 1.54) is 24.1 Å². The summed E-state index contributed by atoms with van der Waals surface area (Å²) >= 11 is 5.15. The van der Waals surface area contributed by atoms with Gasteiger partial charge in [-0.2, -0.15) is 0 Å². The Hall–Kier alpha value is -1.03. The molecule has 16 heavy (non-hydrogen) atoms. The van der Waals surface area contributed by atoms with Gasteiger partial charge in [-0.1, -0.05) is 25.5 Å². The van der Waals surface area contributed by atoms with Gasteiger partial charge in [-0.3, -0.25) is 5.43 Å². The summed E-state index contributed by atoms with van der Waals surface area (Å²) < 4.78 is 0. The lowest BCUT2D eigenvalue weighted by atomic mass is 9.84.